The van der Waals surface area contributed by atoms with E-state index in [0.717, 1.165) is 6.07 Å². The van der Waals surface area contributed by atoms with Crippen LogP contribution in [-0.2, 0) is 10.0 Å². The Morgan fingerprint density at radius 2 is 2.10 bits per heavy atom. The summed E-state index contributed by atoms with van der Waals surface area (Å²) in [5, 5.41) is 7.35. The van der Waals surface area contributed by atoms with Crippen LogP contribution in [0.1, 0.15) is 19.4 Å². The Balaban J connectivity index is 3.15. The van der Waals surface area contributed by atoms with Crippen molar-refractivity contribution in [2.45, 2.75) is 25.7 Å². The zero-order valence-corrected chi connectivity index (χ0v) is 12.7. The van der Waals surface area contributed by atoms with Gasteiger partial charge < -0.3 is 5.73 Å². The average molecular weight is 301 g/mol. The van der Waals surface area contributed by atoms with Crippen LogP contribution in [0.5, 0.6) is 0 Å². The minimum absolute atomic E-state index is 0.0607. The van der Waals surface area contributed by atoms with Crippen LogP contribution in [0.4, 0.5) is 4.39 Å². The third-order valence-electron chi connectivity index (χ3n) is 3.12. The highest BCUT2D eigenvalue weighted by molar-refractivity contribution is 7.89. The Hall–Kier alpha value is -1.47. The molecule has 1 unspecified atom stereocenters. The molecule has 1 atom stereocenters. The van der Waals surface area contributed by atoms with Gasteiger partial charge in [-0.05, 0) is 30.7 Å². The molecule has 0 amide bonds. The number of benzene rings is 1. The maximum absolute atomic E-state index is 13.1. The van der Waals surface area contributed by atoms with Crippen LogP contribution < -0.4 is 5.73 Å². The number of amidine groups is 1. The van der Waals surface area contributed by atoms with Crippen molar-refractivity contribution in [3.8, 4) is 0 Å². The molecule has 5 nitrogen and oxygen atoms in total. The predicted octanol–water partition coefficient (Wildman–Crippen LogP) is 1.72. The van der Waals surface area contributed by atoms with Gasteiger partial charge in [0.2, 0.25) is 10.0 Å². The lowest BCUT2D eigenvalue weighted by atomic mass is 10.1. The molecule has 0 bridgehead atoms. The Kier molecular flexibility index (Phi) is 5.24. The van der Waals surface area contributed by atoms with Crippen molar-refractivity contribution in [3.05, 3.63) is 29.6 Å². The van der Waals surface area contributed by atoms with Crippen LogP contribution in [0.25, 0.3) is 0 Å². The number of aryl methyl sites for hydroxylation is 1. The van der Waals surface area contributed by atoms with Crippen LogP contribution >= 0.6 is 0 Å². The second-order valence-corrected chi connectivity index (χ2v) is 6.63. The first kappa shape index (κ1) is 16.6. The van der Waals surface area contributed by atoms with Gasteiger partial charge in [-0.1, -0.05) is 13.8 Å². The number of hydrogen-bond donors (Lipinski definition) is 2. The Morgan fingerprint density at radius 1 is 1.50 bits per heavy atom. The molecule has 0 saturated carbocycles. The summed E-state index contributed by atoms with van der Waals surface area (Å²) in [6, 6.07) is 3.58. The summed E-state index contributed by atoms with van der Waals surface area (Å²) >= 11 is 0. The van der Waals surface area contributed by atoms with E-state index in [0.29, 0.717) is 5.56 Å². The summed E-state index contributed by atoms with van der Waals surface area (Å²) in [4.78, 5) is 0.0801. The fraction of sp³-hybridized carbons (Fsp3) is 0.462. The number of sulfonamides is 1. The fourth-order valence-corrected chi connectivity index (χ4v) is 3.59. The molecule has 0 aliphatic heterocycles. The Bertz CT molecular complexity index is 602. The molecule has 0 saturated heterocycles. The summed E-state index contributed by atoms with van der Waals surface area (Å²) in [7, 11) is -3.71. The lowest BCUT2D eigenvalue weighted by Crippen LogP contribution is -2.38. The SMILES string of the molecule is CCN(CC(C)C(=N)N)S(=O)(=O)c1ccc(F)cc1C. The summed E-state index contributed by atoms with van der Waals surface area (Å²) in [6.07, 6.45) is 0. The zero-order valence-electron chi connectivity index (χ0n) is 11.9. The molecule has 0 radical (unpaired) electrons. The molecule has 7 heteroatoms. The molecule has 0 fully saturated rings. The van der Waals surface area contributed by atoms with Gasteiger partial charge in [-0.3, -0.25) is 5.41 Å². The fourth-order valence-electron chi connectivity index (χ4n) is 1.84. The molecular weight excluding hydrogens is 281 g/mol. The van der Waals surface area contributed by atoms with E-state index in [1.807, 2.05) is 0 Å². The number of hydrogen-bond acceptors (Lipinski definition) is 3. The van der Waals surface area contributed by atoms with Gasteiger partial charge in [0.1, 0.15) is 5.82 Å². The zero-order chi connectivity index (χ0) is 15.5. The molecule has 0 aliphatic rings. The molecule has 1 aromatic carbocycles. The average Bonchev–Trinajstić information content (AvgIpc) is 2.34. The molecule has 20 heavy (non-hydrogen) atoms. The highest BCUT2D eigenvalue weighted by Crippen LogP contribution is 2.21. The Labute approximate surface area is 119 Å². The lowest BCUT2D eigenvalue weighted by molar-refractivity contribution is 0.403. The van der Waals surface area contributed by atoms with Gasteiger partial charge in [0.15, 0.2) is 0 Å². The van der Waals surface area contributed by atoms with Gasteiger partial charge in [0.05, 0.1) is 10.7 Å². The van der Waals surface area contributed by atoms with E-state index in [4.69, 9.17) is 11.1 Å². The van der Waals surface area contributed by atoms with Crippen molar-refractivity contribution in [1.29, 1.82) is 5.41 Å². The second-order valence-electron chi connectivity index (χ2n) is 4.72. The minimum atomic E-state index is -3.71. The molecule has 1 aromatic rings. The van der Waals surface area contributed by atoms with Crippen molar-refractivity contribution in [1.82, 2.24) is 4.31 Å². The first-order valence-corrected chi connectivity index (χ1v) is 7.74. The third kappa shape index (κ3) is 3.55. The predicted molar refractivity (Wildman–Crippen MR) is 76.6 cm³/mol. The van der Waals surface area contributed by atoms with Crippen molar-refractivity contribution in [2.75, 3.05) is 13.1 Å². The highest BCUT2D eigenvalue weighted by Gasteiger charge is 2.26. The smallest absolute Gasteiger partial charge is 0.243 e. The number of rotatable bonds is 6. The van der Waals surface area contributed by atoms with Crippen LogP contribution in [-0.4, -0.2) is 31.6 Å². The van der Waals surface area contributed by atoms with E-state index in [9.17, 15) is 12.8 Å². The topological polar surface area (TPSA) is 87.2 Å². The normalized spacial score (nSPS) is 13.4. The first-order valence-electron chi connectivity index (χ1n) is 6.30. The molecular formula is C13H20FN3O2S. The van der Waals surface area contributed by atoms with E-state index in [1.54, 1.807) is 20.8 Å². The van der Waals surface area contributed by atoms with E-state index < -0.39 is 15.8 Å². The number of nitrogens with one attached hydrogen (secondary N) is 1. The summed E-state index contributed by atoms with van der Waals surface area (Å²) in [5.41, 5.74) is 5.74. The van der Waals surface area contributed by atoms with E-state index in [-0.39, 0.29) is 29.7 Å². The Morgan fingerprint density at radius 3 is 2.55 bits per heavy atom. The van der Waals surface area contributed by atoms with E-state index in [1.165, 1.54) is 16.4 Å². The largest absolute Gasteiger partial charge is 0.387 e. The second kappa shape index (κ2) is 6.32. The van der Waals surface area contributed by atoms with Crippen LogP contribution in [0.15, 0.2) is 23.1 Å². The van der Waals surface area contributed by atoms with Crippen LogP contribution in [0.3, 0.4) is 0 Å². The van der Waals surface area contributed by atoms with Gasteiger partial charge in [-0.2, -0.15) is 4.31 Å². The summed E-state index contributed by atoms with van der Waals surface area (Å²) < 4.78 is 39.4. The lowest BCUT2D eigenvalue weighted by Gasteiger charge is -2.24. The molecule has 0 heterocycles. The molecule has 3 N–H and O–H groups in total. The maximum Gasteiger partial charge on any atom is 0.243 e. The summed E-state index contributed by atoms with van der Waals surface area (Å²) in [5.74, 6) is -0.901. The standard InChI is InChI=1S/C13H20FN3O2S/c1-4-17(8-10(3)13(15)16)20(18,19)12-6-5-11(14)7-9(12)2/h5-7,10H,4,8H2,1-3H3,(H3,15,16). The van der Waals surface area contributed by atoms with E-state index >= 15 is 0 Å². The van der Waals surface area contributed by atoms with Crippen LogP contribution in [0, 0.1) is 24.1 Å². The molecule has 1 rings (SSSR count). The quantitative estimate of drug-likeness (QED) is 0.619. The number of nitrogens with two attached hydrogens (primary N) is 1. The van der Waals surface area contributed by atoms with E-state index in [2.05, 4.69) is 0 Å². The van der Waals surface area contributed by atoms with Crippen molar-refractivity contribution >= 4 is 15.9 Å². The van der Waals surface area contributed by atoms with Gasteiger partial charge >= 0.3 is 0 Å². The van der Waals surface area contributed by atoms with Crippen molar-refractivity contribution < 1.29 is 12.8 Å². The monoisotopic (exact) mass is 301 g/mol. The number of nitrogens with zero attached hydrogens (tertiary/aromatic N) is 1. The molecule has 0 aromatic heterocycles. The molecule has 0 aliphatic carbocycles. The van der Waals surface area contributed by atoms with Gasteiger partial charge in [-0.15, -0.1) is 0 Å². The van der Waals surface area contributed by atoms with Crippen molar-refractivity contribution in [3.63, 3.8) is 0 Å². The van der Waals surface area contributed by atoms with Crippen molar-refractivity contribution in [2.24, 2.45) is 11.7 Å². The molecule has 0 spiro atoms. The first-order chi connectivity index (χ1) is 9.20. The van der Waals surface area contributed by atoms with Crippen LogP contribution in [0.2, 0.25) is 0 Å². The van der Waals surface area contributed by atoms with Gasteiger partial charge in [-0.25, -0.2) is 12.8 Å². The summed E-state index contributed by atoms with van der Waals surface area (Å²) in [6.45, 7) is 5.35. The van der Waals surface area contributed by atoms with Gasteiger partial charge in [0, 0.05) is 19.0 Å². The molecule has 112 valence electrons. The minimum Gasteiger partial charge on any atom is -0.387 e. The number of halogens is 1. The maximum atomic E-state index is 13.1. The van der Waals surface area contributed by atoms with Gasteiger partial charge in [0.25, 0.3) is 0 Å². The highest BCUT2D eigenvalue weighted by atomic mass is 32.2. The third-order valence-corrected chi connectivity index (χ3v) is 5.22.